The molecule has 0 aromatic rings. The van der Waals surface area contributed by atoms with Gasteiger partial charge in [-0.25, -0.2) is 4.79 Å². The molecule has 0 fully saturated rings. The van der Waals surface area contributed by atoms with Gasteiger partial charge in [-0.3, -0.25) is 4.79 Å². The fraction of sp³-hybridized carbons (Fsp3) is 0.800. The minimum absolute atomic E-state index is 0.0893. The van der Waals surface area contributed by atoms with Gasteiger partial charge < -0.3 is 21.5 Å². The average Bonchev–Trinajstić information content (AvgIpc) is 2.66. The van der Waals surface area contributed by atoms with E-state index < -0.39 is 18.1 Å². The van der Waals surface area contributed by atoms with E-state index in [1.165, 1.54) is 0 Å². The van der Waals surface area contributed by atoms with Crippen LogP contribution in [0.5, 0.6) is 0 Å². The number of thiol groups is 1. The zero-order valence-corrected chi connectivity index (χ0v) is 19.6. The van der Waals surface area contributed by atoms with Crippen molar-refractivity contribution in [3.05, 3.63) is 12.2 Å². The Kier molecular flexibility index (Phi) is 14.8. The topological polar surface area (TPSA) is 104 Å². The molecule has 28 heavy (non-hydrogen) atoms. The molecule has 0 saturated heterocycles. The molecule has 0 saturated carbocycles. The van der Waals surface area contributed by atoms with Crippen molar-refractivity contribution < 1.29 is 14.7 Å². The predicted octanol–water partition coefficient (Wildman–Crippen LogP) is 2.40. The van der Waals surface area contributed by atoms with Crippen molar-refractivity contribution in [3.8, 4) is 0 Å². The molecule has 0 aromatic heterocycles. The molecule has 2 unspecified atom stereocenters. The molecule has 5 N–H and O–H groups in total. The summed E-state index contributed by atoms with van der Waals surface area (Å²) in [4.78, 5) is 24.3. The largest absolute Gasteiger partial charge is 0.480 e. The summed E-state index contributed by atoms with van der Waals surface area (Å²) in [5, 5.41) is 15.5. The number of nitrogens with one attached hydrogen (secondary N) is 2. The zero-order valence-electron chi connectivity index (χ0n) is 17.9. The lowest BCUT2D eigenvalue weighted by Crippen LogP contribution is -2.53. The third-order valence-electron chi connectivity index (χ3n) is 4.97. The number of amides is 1. The Morgan fingerprint density at radius 1 is 1.25 bits per heavy atom. The lowest BCUT2D eigenvalue weighted by atomic mass is 9.92. The monoisotopic (exact) mass is 433 g/mol. The first kappa shape index (κ1) is 27.3. The lowest BCUT2D eigenvalue weighted by Gasteiger charge is -2.28. The van der Waals surface area contributed by atoms with Gasteiger partial charge in [-0.15, -0.1) is 0 Å². The second-order valence-electron chi connectivity index (χ2n) is 7.59. The van der Waals surface area contributed by atoms with Crippen molar-refractivity contribution in [2.75, 3.05) is 24.3 Å². The molecular weight excluding hydrogens is 394 g/mol. The number of carbonyl (C=O) groups excluding carboxylic acids is 1. The Labute approximate surface area is 180 Å². The van der Waals surface area contributed by atoms with E-state index in [2.05, 4.69) is 43.2 Å². The van der Waals surface area contributed by atoms with E-state index in [1.54, 1.807) is 11.8 Å². The number of hydrogen-bond donors (Lipinski definition) is 5. The summed E-state index contributed by atoms with van der Waals surface area (Å²) in [5.41, 5.74) is 5.91. The van der Waals surface area contributed by atoms with Gasteiger partial charge in [0.25, 0.3) is 0 Å². The van der Waals surface area contributed by atoms with Gasteiger partial charge in [-0.1, -0.05) is 46.3 Å². The smallest absolute Gasteiger partial charge is 0.326 e. The molecular formula is C20H39N3O3S2. The Bertz CT molecular complexity index is 489. The summed E-state index contributed by atoms with van der Waals surface area (Å²) in [6.07, 6.45) is 7.20. The van der Waals surface area contributed by atoms with E-state index in [0.29, 0.717) is 30.4 Å². The van der Waals surface area contributed by atoms with Gasteiger partial charge in [0.1, 0.15) is 6.04 Å². The van der Waals surface area contributed by atoms with Crippen LogP contribution >= 0.6 is 24.4 Å². The normalized spacial score (nSPS) is 17.3. The standard InChI is InChI=1S/C20H39N3O3S2/c1-6-14(4)18(19(24)23-17(20(25)26)9-10-28-5)22-11-15(13(2)3)7-8-16(21)12-27/h7-8,13-18,22,27H,6,9-12,21H2,1-5H3,(H,23,24)(H,25,26)/b8-7+/t14-,15?,16?,17-,18-/m0/s1. The first-order valence-electron chi connectivity index (χ1n) is 9.98. The van der Waals surface area contributed by atoms with E-state index in [4.69, 9.17) is 5.73 Å². The average molecular weight is 434 g/mol. The van der Waals surface area contributed by atoms with Crippen molar-refractivity contribution in [1.29, 1.82) is 0 Å². The third-order valence-corrected chi connectivity index (χ3v) is 6.03. The van der Waals surface area contributed by atoms with Gasteiger partial charge in [-0.05, 0) is 36.2 Å². The molecule has 0 heterocycles. The molecule has 0 spiro atoms. The number of hydrogen-bond acceptors (Lipinski definition) is 6. The molecule has 6 nitrogen and oxygen atoms in total. The van der Waals surface area contributed by atoms with Gasteiger partial charge in [0, 0.05) is 18.3 Å². The van der Waals surface area contributed by atoms with Gasteiger partial charge in [-0.2, -0.15) is 24.4 Å². The maximum Gasteiger partial charge on any atom is 0.326 e. The highest BCUT2D eigenvalue weighted by molar-refractivity contribution is 7.98. The second kappa shape index (κ2) is 15.2. The molecule has 0 radical (unpaired) electrons. The maximum atomic E-state index is 12.8. The van der Waals surface area contributed by atoms with E-state index in [-0.39, 0.29) is 23.8 Å². The van der Waals surface area contributed by atoms with E-state index in [1.807, 2.05) is 26.2 Å². The number of aliphatic carboxylic acids is 1. The molecule has 0 aliphatic heterocycles. The summed E-state index contributed by atoms with van der Waals surface area (Å²) in [6, 6.07) is -1.39. The van der Waals surface area contributed by atoms with Crippen molar-refractivity contribution in [1.82, 2.24) is 10.6 Å². The number of carbonyl (C=O) groups is 2. The van der Waals surface area contributed by atoms with Gasteiger partial charge in [0.05, 0.1) is 6.04 Å². The maximum absolute atomic E-state index is 12.8. The highest BCUT2D eigenvalue weighted by Gasteiger charge is 2.28. The van der Waals surface area contributed by atoms with Crippen LogP contribution in [-0.4, -0.2) is 59.4 Å². The molecule has 0 aromatic carbocycles. The van der Waals surface area contributed by atoms with Crippen LogP contribution in [0.4, 0.5) is 0 Å². The first-order valence-corrected chi connectivity index (χ1v) is 12.0. The van der Waals surface area contributed by atoms with Crippen LogP contribution in [0.25, 0.3) is 0 Å². The Morgan fingerprint density at radius 3 is 2.36 bits per heavy atom. The number of carboxylic acid groups (broad SMARTS) is 1. The minimum Gasteiger partial charge on any atom is -0.480 e. The Hall–Kier alpha value is -0.700. The highest BCUT2D eigenvalue weighted by atomic mass is 32.2. The highest BCUT2D eigenvalue weighted by Crippen LogP contribution is 2.15. The third kappa shape index (κ3) is 10.7. The molecule has 0 bridgehead atoms. The van der Waals surface area contributed by atoms with E-state index >= 15 is 0 Å². The molecule has 164 valence electrons. The van der Waals surface area contributed by atoms with Gasteiger partial charge in [0.15, 0.2) is 0 Å². The van der Waals surface area contributed by atoms with Crippen LogP contribution in [0.2, 0.25) is 0 Å². The van der Waals surface area contributed by atoms with E-state index in [9.17, 15) is 14.7 Å². The summed E-state index contributed by atoms with van der Waals surface area (Å²) < 4.78 is 0. The molecule has 5 atom stereocenters. The van der Waals surface area contributed by atoms with Crippen molar-refractivity contribution in [2.45, 2.75) is 58.7 Å². The van der Waals surface area contributed by atoms with Gasteiger partial charge in [0.2, 0.25) is 5.91 Å². The molecule has 0 aliphatic rings. The number of rotatable bonds is 15. The molecule has 8 heteroatoms. The summed E-state index contributed by atoms with van der Waals surface area (Å²) >= 11 is 5.77. The number of nitrogens with two attached hydrogens (primary N) is 1. The van der Waals surface area contributed by atoms with Crippen molar-refractivity contribution in [2.24, 2.45) is 23.5 Å². The summed E-state index contributed by atoms with van der Waals surface area (Å²) in [6.45, 7) is 8.92. The fourth-order valence-electron chi connectivity index (χ4n) is 2.68. The molecule has 0 rings (SSSR count). The van der Waals surface area contributed by atoms with Crippen LogP contribution in [-0.2, 0) is 9.59 Å². The summed E-state index contributed by atoms with van der Waals surface area (Å²) in [5.74, 6) is 0.715. The van der Waals surface area contributed by atoms with Crippen LogP contribution in [0.3, 0.4) is 0 Å². The molecule has 0 aliphatic carbocycles. The first-order chi connectivity index (χ1) is 13.2. The Balaban J connectivity index is 5.11. The van der Waals surface area contributed by atoms with Crippen LogP contribution in [0.15, 0.2) is 12.2 Å². The summed E-state index contributed by atoms with van der Waals surface area (Å²) in [7, 11) is 0. The zero-order chi connectivity index (χ0) is 21.7. The van der Waals surface area contributed by atoms with Crippen LogP contribution in [0, 0.1) is 17.8 Å². The van der Waals surface area contributed by atoms with Gasteiger partial charge >= 0.3 is 5.97 Å². The number of carboxylic acids is 1. The van der Waals surface area contributed by atoms with E-state index in [0.717, 1.165) is 6.42 Å². The second-order valence-corrected chi connectivity index (χ2v) is 8.94. The molecule has 1 amide bonds. The SMILES string of the molecule is CC[C@H](C)[C@H](NCC(/C=C/C(N)CS)C(C)C)C(=O)N[C@@H](CCSC)C(=O)O. The van der Waals surface area contributed by atoms with Crippen LogP contribution in [0.1, 0.15) is 40.5 Å². The van der Waals surface area contributed by atoms with Crippen molar-refractivity contribution >= 4 is 36.3 Å². The minimum atomic E-state index is -0.992. The lowest BCUT2D eigenvalue weighted by molar-refractivity contribution is -0.142. The number of thioether (sulfide) groups is 1. The fourth-order valence-corrected chi connectivity index (χ4v) is 3.27. The quantitative estimate of drug-likeness (QED) is 0.201. The van der Waals surface area contributed by atoms with Crippen molar-refractivity contribution in [3.63, 3.8) is 0 Å². The Morgan fingerprint density at radius 2 is 1.89 bits per heavy atom. The predicted molar refractivity (Wildman–Crippen MR) is 123 cm³/mol. The van der Waals surface area contributed by atoms with Crippen LogP contribution < -0.4 is 16.4 Å².